The molecule has 0 bridgehead atoms. The molecule has 0 aliphatic carbocycles. The van der Waals surface area contributed by atoms with E-state index in [0.717, 1.165) is 11.3 Å². The van der Waals surface area contributed by atoms with Gasteiger partial charge in [0.25, 0.3) is 0 Å². The molecule has 0 aromatic heterocycles. The number of hydrogen-bond acceptors (Lipinski definition) is 4. The van der Waals surface area contributed by atoms with E-state index < -0.39 is 6.29 Å². The Morgan fingerprint density at radius 1 is 1.27 bits per heavy atom. The lowest BCUT2D eigenvalue weighted by molar-refractivity contribution is -0.323. The predicted molar refractivity (Wildman–Crippen MR) is 56.5 cm³/mol. The summed E-state index contributed by atoms with van der Waals surface area (Å²) in [5.41, 5.74) is 0.888. The summed E-state index contributed by atoms with van der Waals surface area (Å²) >= 11 is 0. The van der Waals surface area contributed by atoms with E-state index in [1.165, 1.54) is 7.11 Å². The molecule has 82 valence electrons. The molecule has 4 heteroatoms. The molecule has 1 aromatic rings. The maximum absolute atomic E-state index is 8.42. The van der Waals surface area contributed by atoms with Gasteiger partial charge in [0.2, 0.25) is 6.29 Å². The third-order valence-electron chi connectivity index (χ3n) is 1.91. The highest BCUT2D eigenvalue weighted by atomic mass is 17.1. The van der Waals surface area contributed by atoms with Crippen LogP contribution in [-0.4, -0.2) is 25.8 Å². The van der Waals surface area contributed by atoms with Crippen LogP contribution >= 0.6 is 0 Å². The molecule has 0 aliphatic heterocycles. The summed E-state index contributed by atoms with van der Waals surface area (Å²) in [5, 5.41) is 8.42. The number of hydrogen-bond donors (Lipinski definition) is 1. The topological polar surface area (TPSA) is 47.9 Å². The fraction of sp³-hybridized carbons (Fsp3) is 0.273. The third kappa shape index (κ3) is 3.36. The van der Waals surface area contributed by atoms with E-state index in [1.54, 1.807) is 19.3 Å². The van der Waals surface area contributed by atoms with Crippen molar-refractivity contribution in [1.29, 1.82) is 0 Å². The maximum atomic E-state index is 8.42. The Kier molecular flexibility index (Phi) is 4.83. The molecule has 0 saturated heterocycles. The molecule has 0 aliphatic rings. The molecule has 0 spiro atoms. The number of methoxy groups -OCH3 is 2. The van der Waals surface area contributed by atoms with E-state index in [0.29, 0.717) is 0 Å². The minimum atomic E-state index is -0.769. The number of para-hydroxylation sites is 1. The normalized spacial score (nSPS) is 13.0. The molecule has 0 radical (unpaired) electrons. The molecule has 0 heterocycles. The average Bonchev–Trinajstić information content (AvgIpc) is 2.31. The van der Waals surface area contributed by atoms with Gasteiger partial charge < -0.3 is 9.47 Å². The molecular weight excluding hydrogens is 196 g/mol. The Morgan fingerprint density at radius 3 is 2.60 bits per heavy atom. The van der Waals surface area contributed by atoms with Crippen LogP contribution < -0.4 is 4.74 Å². The van der Waals surface area contributed by atoms with E-state index in [2.05, 4.69) is 4.89 Å². The first-order valence-electron chi connectivity index (χ1n) is 4.46. The van der Waals surface area contributed by atoms with E-state index in [9.17, 15) is 0 Å². The van der Waals surface area contributed by atoms with Crippen molar-refractivity contribution in [3.05, 3.63) is 35.9 Å². The zero-order chi connectivity index (χ0) is 11.1. The lowest BCUT2D eigenvalue weighted by Crippen LogP contribution is -2.08. The van der Waals surface area contributed by atoms with E-state index in [-0.39, 0.29) is 0 Å². The Bertz CT molecular complexity index is 318. The summed E-state index contributed by atoms with van der Waals surface area (Å²) in [7, 11) is 3.04. The number of rotatable bonds is 5. The van der Waals surface area contributed by atoms with Gasteiger partial charge in [-0.3, -0.25) is 0 Å². The van der Waals surface area contributed by atoms with Crippen LogP contribution in [0, 0.1) is 0 Å². The Morgan fingerprint density at radius 2 is 2.00 bits per heavy atom. The summed E-state index contributed by atoms with van der Waals surface area (Å²) in [6.45, 7) is 0. The van der Waals surface area contributed by atoms with Gasteiger partial charge in [0.1, 0.15) is 5.75 Å². The zero-order valence-corrected chi connectivity index (χ0v) is 8.71. The summed E-state index contributed by atoms with van der Waals surface area (Å²) in [6, 6.07) is 7.51. The van der Waals surface area contributed by atoms with Crippen molar-refractivity contribution in [2.75, 3.05) is 14.2 Å². The molecule has 1 unspecified atom stereocenters. The van der Waals surface area contributed by atoms with E-state index in [4.69, 9.17) is 14.7 Å². The van der Waals surface area contributed by atoms with Gasteiger partial charge in [-0.05, 0) is 12.1 Å². The first kappa shape index (κ1) is 11.7. The van der Waals surface area contributed by atoms with Gasteiger partial charge in [-0.2, -0.15) is 0 Å². The van der Waals surface area contributed by atoms with Crippen LogP contribution in [0.15, 0.2) is 30.3 Å². The van der Waals surface area contributed by atoms with Crippen molar-refractivity contribution in [2.24, 2.45) is 0 Å². The lowest BCUT2D eigenvalue weighted by atomic mass is 10.2. The maximum Gasteiger partial charge on any atom is 0.210 e. The van der Waals surface area contributed by atoms with Crippen LogP contribution in [0.5, 0.6) is 5.75 Å². The van der Waals surface area contributed by atoms with E-state index >= 15 is 0 Å². The molecule has 1 N–H and O–H groups in total. The molecule has 0 amide bonds. The zero-order valence-electron chi connectivity index (χ0n) is 8.71. The number of ether oxygens (including phenoxy) is 2. The first-order chi connectivity index (χ1) is 7.31. The largest absolute Gasteiger partial charge is 0.496 e. The lowest BCUT2D eigenvalue weighted by Gasteiger charge is -2.06. The van der Waals surface area contributed by atoms with Gasteiger partial charge >= 0.3 is 0 Å². The fourth-order valence-corrected chi connectivity index (χ4v) is 1.14. The summed E-state index contributed by atoms with van der Waals surface area (Å²) < 4.78 is 9.94. The van der Waals surface area contributed by atoms with Gasteiger partial charge in [-0.1, -0.05) is 24.3 Å². The van der Waals surface area contributed by atoms with Crippen molar-refractivity contribution < 1.29 is 19.6 Å². The van der Waals surface area contributed by atoms with Crippen LogP contribution in [0.2, 0.25) is 0 Å². The van der Waals surface area contributed by atoms with Crippen LogP contribution in [0.1, 0.15) is 5.56 Å². The molecule has 0 fully saturated rings. The van der Waals surface area contributed by atoms with Crippen molar-refractivity contribution in [3.8, 4) is 5.75 Å². The molecule has 1 aromatic carbocycles. The van der Waals surface area contributed by atoms with Crippen molar-refractivity contribution >= 4 is 6.08 Å². The summed E-state index contributed by atoms with van der Waals surface area (Å²) in [6.07, 6.45) is 2.57. The molecule has 15 heavy (non-hydrogen) atoms. The van der Waals surface area contributed by atoms with Crippen molar-refractivity contribution in [1.82, 2.24) is 0 Å². The molecule has 4 nitrogen and oxygen atoms in total. The Balaban J connectivity index is 2.78. The quantitative estimate of drug-likeness (QED) is 0.459. The van der Waals surface area contributed by atoms with E-state index in [1.807, 2.05) is 24.3 Å². The average molecular weight is 210 g/mol. The van der Waals surface area contributed by atoms with Crippen LogP contribution in [0.3, 0.4) is 0 Å². The number of benzene rings is 1. The third-order valence-corrected chi connectivity index (χ3v) is 1.91. The van der Waals surface area contributed by atoms with Crippen LogP contribution in [0.25, 0.3) is 6.08 Å². The van der Waals surface area contributed by atoms with Crippen LogP contribution in [0.4, 0.5) is 0 Å². The standard InChI is InChI=1S/C11H14O4/c1-13-10-6-4-3-5-9(10)7-8-11(14-2)15-12/h3-8,11-12H,1-2H3/b8-7+. The second-order valence-electron chi connectivity index (χ2n) is 2.81. The smallest absolute Gasteiger partial charge is 0.210 e. The monoisotopic (exact) mass is 210 g/mol. The highest BCUT2D eigenvalue weighted by Crippen LogP contribution is 2.18. The molecule has 0 saturated carbocycles. The minimum absolute atomic E-state index is 0.751. The predicted octanol–water partition coefficient (Wildman–Crippen LogP) is 2.17. The van der Waals surface area contributed by atoms with Gasteiger partial charge in [0, 0.05) is 12.7 Å². The van der Waals surface area contributed by atoms with Crippen molar-refractivity contribution in [2.45, 2.75) is 6.29 Å². The Labute approximate surface area is 88.6 Å². The molecular formula is C11H14O4. The second-order valence-corrected chi connectivity index (χ2v) is 2.81. The first-order valence-corrected chi connectivity index (χ1v) is 4.46. The minimum Gasteiger partial charge on any atom is -0.496 e. The fourth-order valence-electron chi connectivity index (χ4n) is 1.14. The second kappa shape index (κ2) is 6.19. The highest BCUT2D eigenvalue weighted by molar-refractivity contribution is 5.57. The Hall–Kier alpha value is -1.36. The highest BCUT2D eigenvalue weighted by Gasteiger charge is 2.02. The van der Waals surface area contributed by atoms with Gasteiger partial charge in [0.05, 0.1) is 7.11 Å². The van der Waals surface area contributed by atoms with Crippen molar-refractivity contribution in [3.63, 3.8) is 0 Å². The summed E-state index contributed by atoms with van der Waals surface area (Å²) in [5.74, 6) is 0.751. The molecule has 1 rings (SSSR count). The van der Waals surface area contributed by atoms with Gasteiger partial charge in [-0.25, -0.2) is 10.1 Å². The van der Waals surface area contributed by atoms with Gasteiger partial charge in [0.15, 0.2) is 0 Å². The van der Waals surface area contributed by atoms with Gasteiger partial charge in [-0.15, -0.1) is 0 Å². The summed E-state index contributed by atoms with van der Waals surface area (Å²) in [4.78, 5) is 4.04. The SMILES string of the molecule is COc1ccccc1/C=C/C(OC)OO. The van der Waals surface area contributed by atoms with Crippen LogP contribution in [-0.2, 0) is 9.62 Å². The molecule has 1 atom stereocenters.